The summed E-state index contributed by atoms with van der Waals surface area (Å²) < 4.78 is 16.3. The fourth-order valence-electron chi connectivity index (χ4n) is 2.64. The summed E-state index contributed by atoms with van der Waals surface area (Å²) in [5.41, 5.74) is 1.26. The molecule has 2 N–H and O–H groups in total. The Bertz CT molecular complexity index is 582. The number of hydrogen-bond donors (Lipinski definition) is 2. The van der Waals surface area contributed by atoms with E-state index in [0.717, 1.165) is 37.0 Å². The summed E-state index contributed by atoms with van der Waals surface area (Å²) in [4.78, 5) is 4.66. The zero-order valence-corrected chi connectivity index (χ0v) is 16.0. The molecule has 2 rings (SSSR count). The van der Waals surface area contributed by atoms with Crippen LogP contribution in [0.1, 0.15) is 33.3 Å². The van der Waals surface area contributed by atoms with E-state index in [9.17, 15) is 0 Å². The minimum absolute atomic E-state index is 0.0576. The van der Waals surface area contributed by atoms with Crippen molar-refractivity contribution in [1.29, 1.82) is 0 Å². The van der Waals surface area contributed by atoms with Crippen molar-refractivity contribution >= 4 is 5.96 Å². The fraction of sp³-hybridized carbons (Fsp3) is 0.632. The van der Waals surface area contributed by atoms with Crippen LogP contribution in [0.4, 0.5) is 0 Å². The fourth-order valence-corrected chi connectivity index (χ4v) is 2.64. The van der Waals surface area contributed by atoms with E-state index < -0.39 is 0 Å². The van der Waals surface area contributed by atoms with Crippen LogP contribution in [0.3, 0.4) is 0 Å². The van der Waals surface area contributed by atoms with E-state index in [1.54, 1.807) is 7.11 Å². The molecule has 0 radical (unpaired) electrons. The van der Waals surface area contributed by atoms with E-state index in [4.69, 9.17) is 14.2 Å². The molecule has 1 aliphatic heterocycles. The number of hydrogen-bond acceptors (Lipinski definition) is 4. The molecular formula is C19H31N3O3. The van der Waals surface area contributed by atoms with Crippen molar-refractivity contribution < 1.29 is 14.2 Å². The third-order valence-corrected chi connectivity index (χ3v) is 4.15. The van der Waals surface area contributed by atoms with Crippen LogP contribution in [0.5, 0.6) is 11.5 Å². The van der Waals surface area contributed by atoms with Crippen LogP contribution in [0.25, 0.3) is 0 Å². The highest BCUT2D eigenvalue weighted by molar-refractivity contribution is 5.79. The Labute approximate surface area is 151 Å². The first kappa shape index (κ1) is 19.4. The van der Waals surface area contributed by atoms with Crippen molar-refractivity contribution in [3.8, 4) is 11.5 Å². The Balaban J connectivity index is 1.87. The molecule has 25 heavy (non-hydrogen) atoms. The zero-order valence-electron chi connectivity index (χ0n) is 16.0. The van der Waals surface area contributed by atoms with Gasteiger partial charge in [0.1, 0.15) is 0 Å². The van der Waals surface area contributed by atoms with Crippen LogP contribution in [-0.2, 0) is 11.2 Å². The Hall–Kier alpha value is -1.95. The monoisotopic (exact) mass is 349 g/mol. The van der Waals surface area contributed by atoms with E-state index >= 15 is 0 Å². The van der Waals surface area contributed by atoms with Gasteiger partial charge in [-0.05, 0) is 36.5 Å². The van der Waals surface area contributed by atoms with Gasteiger partial charge in [-0.3, -0.25) is 4.99 Å². The molecule has 1 aromatic rings. The Morgan fingerprint density at radius 3 is 2.68 bits per heavy atom. The van der Waals surface area contributed by atoms with Gasteiger partial charge in [0.25, 0.3) is 0 Å². The van der Waals surface area contributed by atoms with E-state index in [0.29, 0.717) is 13.3 Å². The van der Waals surface area contributed by atoms with Gasteiger partial charge in [-0.15, -0.1) is 0 Å². The van der Waals surface area contributed by atoms with E-state index in [-0.39, 0.29) is 11.5 Å². The third-order valence-electron chi connectivity index (χ3n) is 4.15. The molecule has 1 atom stereocenters. The number of guanidine groups is 1. The average molecular weight is 349 g/mol. The molecule has 0 spiro atoms. The molecular weight excluding hydrogens is 318 g/mol. The molecule has 1 aromatic carbocycles. The summed E-state index contributed by atoms with van der Waals surface area (Å²) >= 11 is 0. The van der Waals surface area contributed by atoms with Gasteiger partial charge >= 0.3 is 0 Å². The molecule has 6 heteroatoms. The minimum atomic E-state index is 0.0576. The molecule has 0 fully saturated rings. The van der Waals surface area contributed by atoms with Crippen molar-refractivity contribution in [3.05, 3.63) is 23.8 Å². The number of methoxy groups -OCH3 is 1. The quantitative estimate of drug-likeness (QED) is 0.585. The lowest BCUT2D eigenvalue weighted by molar-refractivity contribution is 0.0241. The normalized spacial score (nSPS) is 15.2. The van der Waals surface area contributed by atoms with E-state index in [2.05, 4.69) is 49.4 Å². The van der Waals surface area contributed by atoms with Crippen LogP contribution in [-0.4, -0.2) is 45.6 Å². The predicted molar refractivity (Wildman–Crippen MR) is 101 cm³/mol. The molecule has 0 aromatic heterocycles. The number of benzene rings is 1. The van der Waals surface area contributed by atoms with Crippen molar-refractivity contribution in [2.45, 2.75) is 40.2 Å². The van der Waals surface area contributed by atoms with Crippen molar-refractivity contribution in [2.75, 3.05) is 33.5 Å². The largest absolute Gasteiger partial charge is 0.454 e. The van der Waals surface area contributed by atoms with E-state index in [1.165, 1.54) is 5.56 Å². The van der Waals surface area contributed by atoms with Gasteiger partial charge in [0.2, 0.25) is 6.79 Å². The molecule has 0 bridgehead atoms. The first-order valence-corrected chi connectivity index (χ1v) is 8.87. The summed E-state index contributed by atoms with van der Waals surface area (Å²) in [7, 11) is 1.74. The average Bonchev–Trinajstić information content (AvgIpc) is 3.01. The first-order valence-electron chi connectivity index (χ1n) is 8.87. The summed E-state index contributed by atoms with van der Waals surface area (Å²) in [6.45, 7) is 11.1. The van der Waals surface area contributed by atoms with Crippen LogP contribution < -0.4 is 20.1 Å². The minimum Gasteiger partial charge on any atom is -0.454 e. The summed E-state index contributed by atoms with van der Waals surface area (Å²) in [6, 6.07) is 6.07. The number of rotatable bonds is 7. The van der Waals surface area contributed by atoms with Crippen molar-refractivity contribution in [3.63, 3.8) is 0 Å². The number of fused-ring (bicyclic) bond motifs is 1. The third kappa shape index (κ3) is 5.81. The molecule has 1 aliphatic rings. The molecule has 0 saturated heterocycles. The molecule has 6 nitrogen and oxygen atoms in total. The number of nitrogens with zero attached hydrogens (tertiary/aromatic N) is 1. The van der Waals surface area contributed by atoms with Crippen LogP contribution >= 0.6 is 0 Å². The van der Waals surface area contributed by atoms with Gasteiger partial charge in [-0.25, -0.2) is 0 Å². The summed E-state index contributed by atoms with van der Waals surface area (Å²) in [5.74, 6) is 2.46. The maximum atomic E-state index is 5.57. The second kappa shape index (κ2) is 8.94. The molecule has 0 saturated carbocycles. The maximum absolute atomic E-state index is 5.57. The molecule has 1 heterocycles. The lowest BCUT2D eigenvalue weighted by atomic mass is 9.89. The van der Waals surface area contributed by atoms with Gasteiger partial charge in [-0.1, -0.05) is 26.8 Å². The second-order valence-electron chi connectivity index (χ2n) is 7.17. The smallest absolute Gasteiger partial charge is 0.231 e. The zero-order chi connectivity index (χ0) is 18.3. The van der Waals surface area contributed by atoms with Gasteiger partial charge in [0, 0.05) is 20.2 Å². The summed E-state index contributed by atoms with van der Waals surface area (Å²) in [5, 5.41) is 6.66. The number of aliphatic imine (C=N–C) groups is 1. The second-order valence-corrected chi connectivity index (χ2v) is 7.17. The van der Waals surface area contributed by atoms with Crippen molar-refractivity contribution in [2.24, 2.45) is 10.4 Å². The van der Waals surface area contributed by atoms with Gasteiger partial charge in [0.05, 0.1) is 12.6 Å². The number of nitrogens with one attached hydrogen (secondary N) is 2. The van der Waals surface area contributed by atoms with Gasteiger partial charge in [0.15, 0.2) is 17.5 Å². The van der Waals surface area contributed by atoms with E-state index in [1.807, 2.05) is 12.1 Å². The Morgan fingerprint density at radius 2 is 2.00 bits per heavy atom. The predicted octanol–water partition coefficient (Wildman–Crippen LogP) is 2.57. The highest BCUT2D eigenvalue weighted by Gasteiger charge is 2.24. The highest BCUT2D eigenvalue weighted by Crippen LogP contribution is 2.32. The topological polar surface area (TPSA) is 64.1 Å². The van der Waals surface area contributed by atoms with Crippen molar-refractivity contribution in [1.82, 2.24) is 10.6 Å². The molecule has 140 valence electrons. The lowest BCUT2D eigenvalue weighted by Gasteiger charge is -2.28. The van der Waals surface area contributed by atoms with Crippen LogP contribution in [0.15, 0.2) is 23.2 Å². The molecule has 0 amide bonds. The molecule has 0 aliphatic carbocycles. The Kier molecular flexibility index (Phi) is 6.93. The molecule has 1 unspecified atom stereocenters. The lowest BCUT2D eigenvalue weighted by Crippen LogP contribution is -2.40. The SMILES string of the molecule is CCNC(=NCC(OC)C(C)(C)C)NCCc1ccc2c(c1)OCO2. The van der Waals surface area contributed by atoms with Gasteiger partial charge in [-0.2, -0.15) is 0 Å². The first-order chi connectivity index (χ1) is 11.9. The standard InChI is InChI=1S/C19H31N3O3/c1-6-20-18(22-12-17(23-5)19(2,3)4)21-10-9-14-7-8-15-16(11-14)25-13-24-15/h7-8,11,17H,6,9-10,12-13H2,1-5H3,(H2,20,21,22). The van der Waals surface area contributed by atoms with Gasteiger partial charge < -0.3 is 24.8 Å². The Morgan fingerprint density at radius 1 is 1.24 bits per heavy atom. The van der Waals surface area contributed by atoms with Crippen LogP contribution in [0.2, 0.25) is 0 Å². The van der Waals surface area contributed by atoms with Crippen LogP contribution in [0, 0.1) is 5.41 Å². The maximum Gasteiger partial charge on any atom is 0.231 e. The highest BCUT2D eigenvalue weighted by atomic mass is 16.7. The number of ether oxygens (including phenoxy) is 3. The summed E-state index contributed by atoms with van der Waals surface area (Å²) in [6.07, 6.45) is 0.963.